The summed E-state index contributed by atoms with van der Waals surface area (Å²) in [6.07, 6.45) is 9.18. The van der Waals surface area contributed by atoms with Gasteiger partial charge in [0.2, 0.25) is 0 Å². The number of fused-ring (bicyclic) bond motifs is 1. The van der Waals surface area contributed by atoms with Crippen LogP contribution >= 0.6 is 0 Å². The van der Waals surface area contributed by atoms with Crippen molar-refractivity contribution >= 4 is 5.91 Å². The van der Waals surface area contributed by atoms with Gasteiger partial charge in [-0.15, -0.1) is 0 Å². The molecule has 7 nitrogen and oxygen atoms in total. The molecule has 1 saturated heterocycles. The Bertz CT molecular complexity index is 790. The number of hydrogen-bond donors (Lipinski definition) is 0. The Balaban J connectivity index is 1.55. The van der Waals surface area contributed by atoms with Crippen LogP contribution in [0.1, 0.15) is 66.5 Å². The molecule has 0 saturated carbocycles. The zero-order valence-corrected chi connectivity index (χ0v) is 17.1. The van der Waals surface area contributed by atoms with Gasteiger partial charge in [0, 0.05) is 49.5 Å². The third kappa shape index (κ3) is 3.85. The van der Waals surface area contributed by atoms with E-state index in [9.17, 15) is 4.79 Å². The summed E-state index contributed by atoms with van der Waals surface area (Å²) >= 11 is 0. The van der Waals surface area contributed by atoms with Crippen LogP contribution in [0.5, 0.6) is 0 Å². The quantitative estimate of drug-likeness (QED) is 0.792. The molecule has 1 amide bonds. The van der Waals surface area contributed by atoms with Gasteiger partial charge in [0.05, 0.1) is 5.69 Å². The standard InChI is InChI=1S/C21H31N5O2/c1-3-26-19-9-8-17(24(2)15-16-10-13-28-23-16)14-18(19)20(22-26)21(27)25-11-6-4-5-7-12-25/h10,13,17H,3-9,11-12,14-15H2,1-2H3/t17-/m0/s1. The number of likely N-dealkylation sites (N-methyl/N-ethyl adjacent to an activating group) is 1. The van der Waals surface area contributed by atoms with Crippen molar-refractivity contribution in [2.24, 2.45) is 0 Å². The highest BCUT2D eigenvalue weighted by Crippen LogP contribution is 2.29. The highest BCUT2D eigenvalue weighted by molar-refractivity contribution is 5.94. The van der Waals surface area contributed by atoms with E-state index in [4.69, 9.17) is 9.62 Å². The van der Waals surface area contributed by atoms with Gasteiger partial charge >= 0.3 is 0 Å². The van der Waals surface area contributed by atoms with Crippen molar-refractivity contribution in [1.82, 2.24) is 24.7 Å². The number of carbonyl (C=O) groups excluding carboxylic acids is 1. The summed E-state index contributed by atoms with van der Waals surface area (Å²) in [5.41, 5.74) is 4.06. The number of aromatic nitrogens is 3. The number of nitrogens with zero attached hydrogens (tertiary/aromatic N) is 5. The first-order valence-corrected chi connectivity index (χ1v) is 10.6. The van der Waals surface area contributed by atoms with Crippen molar-refractivity contribution in [3.63, 3.8) is 0 Å². The Morgan fingerprint density at radius 2 is 2.07 bits per heavy atom. The molecule has 0 radical (unpaired) electrons. The average molecular weight is 386 g/mol. The van der Waals surface area contributed by atoms with Crippen molar-refractivity contribution < 1.29 is 9.32 Å². The van der Waals surface area contributed by atoms with Crippen molar-refractivity contribution in [2.75, 3.05) is 20.1 Å². The van der Waals surface area contributed by atoms with Crippen LogP contribution in [0.3, 0.4) is 0 Å². The number of hydrogen-bond acceptors (Lipinski definition) is 5. The molecule has 0 bridgehead atoms. The number of likely N-dealkylation sites (tertiary alicyclic amines) is 1. The second-order valence-electron chi connectivity index (χ2n) is 8.10. The molecule has 2 aliphatic rings. The molecule has 0 aromatic carbocycles. The third-order valence-corrected chi connectivity index (χ3v) is 6.24. The van der Waals surface area contributed by atoms with Crippen LogP contribution in [0.15, 0.2) is 16.9 Å². The molecule has 0 unspecified atom stereocenters. The van der Waals surface area contributed by atoms with Gasteiger partial charge in [-0.2, -0.15) is 5.10 Å². The van der Waals surface area contributed by atoms with E-state index in [2.05, 4.69) is 24.0 Å². The molecule has 2 aromatic rings. The molecule has 4 rings (SSSR count). The molecular weight excluding hydrogens is 354 g/mol. The van der Waals surface area contributed by atoms with Gasteiger partial charge in [0.15, 0.2) is 5.69 Å². The average Bonchev–Trinajstić information content (AvgIpc) is 3.26. The molecule has 1 aliphatic carbocycles. The van der Waals surface area contributed by atoms with Crippen LogP contribution in [0.25, 0.3) is 0 Å². The van der Waals surface area contributed by atoms with Crippen molar-refractivity contribution in [3.05, 3.63) is 35.0 Å². The third-order valence-electron chi connectivity index (χ3n) is 6.24. The number of aryl methyl sites for hydroxylation is 1. The molecule has 7 heteroatoms. The predicted molar refractivity (Wildman–Crippen MR) is 106 cm³/mol. The summed E-state index contributed by atoms with van der Waals surface area (Å²) in [5, 5.41) is 8.80. The van der Waals surface area contributed by atoms with E-state index in [0.29, 0.717) is 11.7 Å². The second kappa shape index (κ2) is 8.47. The molecule has 0 spiro atoms. The Labute approximate surface area is 166 Å². The molecule has 152 valence electrons. The van der Waals surface area contributed by atoms with Gasteiger partial charge in [-0.05, 0) is 46.1 Å². The van der Waals surface area contributed by atoms with Crippen LogP contribution in [-0.2, 0) is 25.9 Å². The Morgan fingerprint density at radius 1 is 1.29 bits per heavy atom. The maximum absolute atomic E-state index is 13.3. The maximum Gasteiger partial charge on any atom is 0.274 e. The first-order chi connectivity index (χ1) is 13.7. The topological polar surface area (TPSA) is 67.4 Å². The van der Waals surface area contributed by atoms with E-state index in [1.807, 2.05) is 15.6 Å². The van der Waals surface area contributed by atoms with Gasteiger partial charge < -0.3 is 9.42 Å². The highest BCUT2D eigenvalue weighted by atomic mass is 16.5. The second-order valence-corrected chi connectivity index (χ2v) is 8.10. The first kappa shape index (κ1) is 19.2. The Morgan fingerprint density at radius 3 is 2.75 bits per heavy atom. The van der Waals surface area contributed by atoms with Gasteiger partial charge in [-0.3, -0.25) is 14.4 Å². The van der Waals surface area contributed by atoms with Gasteiger partial charge in [-0.1, -0.05) is 18.0 Å². The molecule has 0 N–H and O–H groups in total. The lowest BCUT2D eigenvalue weighted by molar-refractivity contribution is 0.0753. The minimum absolute atomic E-state index is 0.130. The Hall–Kier alpha value is -2.15. The zero-order chi connectivity index (χ0) is 19.5. The molecule has 1 aliphatic heterocycles. The van der Waals surface area contributed by atoms with Gasteiger partial charge in [-0.25, -0.2) is 0 Å². The largest absolute Gasteiger partial charge is 0.364 e. The summed E-state index contributed by atoms with van der Waals surface area (Å²) in [7, 11) is 2.13. The summed E-state index contributed by atoms with van der Waals surface area (Å²) in [4.78, 5) is 17.7. The summed E-state index contributed by atoms with van der Waals surface area (Å²) in [6.45, 7) is 5.41. The van der Waals surface area contributed by atoms with Crippen LogP contribution in [0, 0.1) is 0 Å². The van der Waals surface area contributed by atoms with Crippen LogP contribution in [0.2, 0.25) is 0 Å². The van der Waals surface area contributed by atoms with E-state index in [1.54, 1.807) is 6.26 Å². The summed E-state index contributed by atoms with van der Waals surface area (Å²) in [5.74, 6) is 0.130. The lowest BCUT2D eigenvalue weighted by Crippen LogP contribution is -2.37. The van der Waals surface area contributed by atoms with Crippen LogP contribution < -0.4 is 0 Å². The van der Waals surface area contributed by atoms with Crippen molar-refractivity contribution in [2.45, 2.75) is 71.0 Å². The minimum Gasteiger partial charge on any atom is -0.364 e. The SMILES string of the molecule is CCn1nc(C(=O)N2CCCCCC2)c2c1CC[C@H](N(C)Cc1ccon1)C2. The van der Waals surface area contributed by atoms with E-state index in [0.717, 1.165) is 64.0 Å². The maximum atomic E-state index is 13.3. The fourth-order valence-electron chi connectivity index (χ4n) is 4.61. The first-order valence-electron chi connectivity index (χ1n) is 10.6. The smallest absolute Gasteiger partial charge is 0.274 e. The number of carbonyl (C=O) groups is 1. The monoisotopic (exact) mass is 385 g/mol. The van der Waals surface area contributed by atoms with Gasteiger partial charge in [0.25, 0.3) is 5.91 Å². The normalized spacial score (nSPS) is 20.2. The summed E-state index contributed by atoms with van der Waals surface area (Å²) in [6, 6.07) is 2.29. The fraction of sp³-hybridized carbons (Fsp3) is 0.667. The molecule has 3 heterocycles. The van der Waals surface area contributed by atoms with E-state index in [1.165, 1.54) is 24.1 Å². The van der Waals surface area contributed by atoms with Crippen LogP contribution in [-0.4, -0.2) is 56.8 Å². The predicted octanol–water partition coefficient (Wildman–Crippen LogP) is 2.90. The van der Waals surface area contributed by atoms with E-state index >= 15 is 0 Å². The van der Waals surface area contributed by atoms with E-state index < -0.39 is 0 Å². The zero-order valence-electron chi connectivity index (χ0n) is 17.1. The molecule has 1 fully saturated rings. The van der Waals surface area contributed by atoms with Crippen molar-refractivity contribution in [3.8, 4) is 0 Å². The number of amides is 1. The van der Waals surface area contributed by atoms with Gasteiger partial charge in [0.1, 0.15) is 6.26 Å². The van der Waals surface area contributed by atoms with E-state index in [-0.39, 0.29) is 5.91 Å². The minimum atomic E-state index is 0.130. The fourth-order valence-corrected chi connectivity index (χ4v) is 4.61. The van der Waals surface area contributed by atoms with Crippen molar-refractivity contribution in [1.29, 1.82) is 0 Å². The molecule has 28 heavy (non-hydrogen) atoms. The highest BCUT2D eigenvalue weighted by Gasteiger charge is 2.32. The lowest BCUT2D eigenvalue weighted by atomic mass is 9.90. The Kier molecular flexibility index (Phi) is 5.80. The van der Waals surface area contributed by atoms with Crippen LogP contribution in [0.4, 0.5) is 0 Å². The molecular formula is C21H31N5O2. The lowest BCUT2D eigenvalue weighted by Gasteiger charge is -2.31. The molecule has 2 aromatic heterocycles. The summed E-state index contributed by atoms with van der Waals surface area (Å²) < 4.78 is 7.01. The molecule has 1 atom stereocenters. The number of rotatable bonds is 5.